The number of pyridine rings is 1. The average Bonchev–Trinajstić information content (AvgIpc) is 2.65. The minimum Gasteiger partial charge on any atom is -0.494 e. The number of nitrogens with zero attached hydrogens (tertiary/aromatic N) is 1. The van der Waals surface area contributed by atoms with Crippen molar-refractivity contribution in [3.63, 3.8) is 0 Å². The molecule has 4 heteroatoms. The highest BCUT2D eigenvalue weighted by molar-refractivity contribution is 6.42. The summed E-state index contributed by atoms with van der Waals surface area (Å²) in [7, 11) is 0. The molecule has 2 aromatic carbocycles. The second kappa shape index (κ2) is 8.89. The molecule has 3 rings (SSSR count). The van der Waals surface area contributed by atoms with E-state index in [4.69, 9.17) is 27.9 Å². The van der Waals surface area contributed by atoms with Crippen molar-refractivity contribution in [3.8, 4) is 16.9 Å². The third-order valence-electron chi connectivity index (χ3n) is 3.96. The third-order valence-corrected chi connectivity index (χ3v) is 4.70. The molecule has 1 aromatic heterocycles. The van der Waals surface area contributed by atoms with Gasteiger partial charge < -0.3 is 4.74 Å². The van der Waals surface area contributed by atoms with Crippen LogP contribution in [0.4, 0.5) is 0 Å². The number of ether oxygens (including phenoxy) is 1. The van der Waals surface area contributed by atoms with Gasteiger partial charge in [0.2, 0.25) is 0 Å². The molecule has 0 atom stereocenters. The smallest absolute Gasteiger partial charge is 0.119 e. The molecule has 0 bridgehead atoms. The lowest BCUT2D eigenvalue weighted by Crippen LogP contribution is -1.98. The highest BCUT2D eigenvalue weighted by atomic mass is 35.5. The first kappa shape index (κ1) is 17.8. The van der Waals surface area contributed by atoms with Crippen molar-refractivity contribution >= 4 is 23.2 Å². The fourth-order valence-corrected chi connectivity index (χ4v) is 2.88. The topological polar surface area (TPSA) is 22.1 Å². The Bertz CT molecular complexity index is 804. The molecule has 128 valence electrons. The first-order valence-corrected chi connectivity index (χ1v) is 9.05. The molecule has 0 saturated carbocycles. The van der Waals surface area contributed by atoms with Crippen molar-refractivity contribution in [1.82, 2.24) is 4.98 Å². The summed E-state index contributed by atoms with van der Waals surface area (Å²) in [5, 5.41) is 1.13. The van der Waals surface area contributed by atoms with E-state index in [0.717, 1.165) is 36.1 Å². The lowest BCUT2D eigenvalue weighted by Gasteiger charge is -2.08. The van der Waals surface area contributed by atoms with E-state index in [1.54, 1.807) is 6.20 Å². The molecule has 25 heavy (non-hydrogen) atoms. The highest BCUT2D eigenvalue weighted by Crippen LogP contribution is 2.29. The van der Waals surface area contributed by atoms with Crippen LogP contribution in [0.2, 0.25) is 10.0 Å². The predicted octanol–water partition coefficient (Wildman–Crippen LogP) is 6.46. The molecule has 0 unspecified atom stereocenters. The monoisotopic (exact) mass is 371 g/mol. The van der Waals surface area contributed by atoms with Gasteiger partial charge in [0.1, 0.15) is 5.75 Å². The summed E-state index contributed by atoms with van der Waals surface area (Å²) in [6, 6.07) is 17.8. The first-order chi connectivity index (χ1) is 12.2. The molecule has 0 aliphatic carbocycles. The van der Waals surface area contributed by atoms with Gasteiger partial charge in [-0.3, -0.25) is 4.98 Å². The maximum absolute atomic E-state index is 6.08. The van der Waals surface area contributed by atoms with Crippen LogP contribution in [0.25, 0.3) is 11.1 Å². The number of hydrogen-bond acceptors (Lipinski definition) is 2. The summed E-state index contributed by atoms with van der Waals surface area (Å²) in [5.41, 5.74) is 3.40. The van der Waals surface area contributed by atoms with Crippen LogP contribution in [-0.4, -0.2) is 11.6 Å². The van der Waals surface area contributed by atoms with E-state index >= 15 is 0 Å². The second-order valence-corrected chi connectivity index (χ2v) is 6.63. The van der Waals surface area contributed by atoms with E-state index in [1.807, 2.05) is 54.7 Å². The van der Waals surface area contributed by atoms with Gasteiger partial charge in [-0.2, -0.15) is 0 Å². The number of rotatable bonds is 7. The van der Waals surface area contributed by atoms with E-state index in [9.17, 15) is 0 Å². The molecule has 0 aliphatic heterocycles. The molecule has 0 amide bonds. The van der Waals surface area contributed by atoms with Crippen molar-refractivity contribution in [1.29, 1.82) is 0 Å². The molecule has 2 nitrogen and oxygen atoms in total. The zero-order valence-corrected chi connectivity index (χ0v) is 15.3. The van der Waals surface area contributed by atoms with Crippen LogP contribution in [0.3, 0.4) is 0 Å². The molecule has 0 aliphatic rings. The van der Waals surface area contributed by atoms with Gasteiger partial charge in [0, 0.05) is 12.4 Å². The molecule has 0 spiro atoms. The Morgan fingerprint density at radius 3 is 2.36 bits per heavy atom. The molecule has 0 fully saturated rings. The summed E-state index contributed by atoms with van der Waals surface area (Å²) in [6.07, 6.45) is 6.86. The number of benzene rings is 2. The summed E-state index contributed by atoms with van der Waals surface area (Å²) < 4.78 is 5.81. The largest absolute Gasteiger partial charge is 0.494 e. The van der Waals surface area contributed by atoms with Crippen LogP contribution in [-0.2, 0) is 6.42 Å². The van der Waals surface area contributed by atoms with Gasteiger partial charge in [0.05, 0.1) is 16.7 Å². The summed E-state index contributed by atoms with van der Waals surface area (Å²) in [5.74, 6) is 0.880. The van der Waals surface area contributed by atoms with Gasteiger partial charge in [-0.25, -0.2) is 0 Å². The minimum atomic E-state index is 0.563. The molecule has 0 N–H and O–H groups in total. The van der Waals surface area contributed by atoms with Crippen LogP contribution in [0.15, 0.2) is 67.0 Å². The van der Waals surface area contributed by atoms with Crippen LogP contribution in [0, 0.1) is 0 Å². The van der Waals surface area contributed by atoms with Gasteiger partial charge in [-0.05, 0) is 66.3 Å². The molecular formula is C21H19Cl2NO. The van der Waals surface area contributed by atoms with Crippen LogP contribution in [0.5, 0.6) is 5.75 Å². The van der Waals surface area contributed by atoms with E-state index in [0.29, 0.717) is 16.7 Å². The van der Waals surface area contributed by atoms with Crippen molar-refractivity contribution in [3.05, 3.63) is 82.6 Å². The van der Waals surface area contributed by atoms with E-state index in [2.05, 4.69) is 11.1 Å². The van der Waals surface area contributed by atoms with Crippen molar-refractivity contribution < 1.29 is 4.74 Å². The Hall–Kier alpha value is -2.03. The highest BCUT2D eigenvalue weighted by Gasteiger charge is 2.03. The van der Waals surface area contributed by atoms with Gasteiger partial charge in [-0.1, -0.05) is 47.5 Å². The summed E-state index contributed by atoms with van der Waals surface area (Å²) in [4.78, 5) is 4.13. The van der Waals surface area contributed by atoms with Gasteiger partial charge in [-0.15, -0.1) is 0 Å². The van der Waals surface area contributed by atoms with Gasteiger partial charge in [0.15, 0.2) is 0 Å². The quantitative estimate of drug-likeness (QED) is 0.444. The van der Waals surface area contributed by atoms with Crippen LogP contribution >= 0.6 is 23.2 Å². The number of halogens is 2. The Kier molecular flexibility index (Phi) is 6.32. The predicted molar refractivity (Wildman–Crippen MR) is 105 cm³/mol. The summed E-state index contributed by atoms with van der Waals surface area (Å²) in [6.45, 7) is 0.715. The van der Waals surface area contributed by atoms with Crippen molar-refractivity contribution in [2.75, 3.05) is 6.61 Å². The normalized spacial score (nSPS) is 10.6. The summed E-state index contributed by atoms with van der Waals surface area (Å²) >= 11 is 12.0. The Balaban J connectivity index is 1.47. The SMILES string of the molecule is Clc1ccc(-c2ccc(OCCCCc3cccnc3)cc2)cc1Cl. The lowest BCUT2D eigenvalue weighted by molar-refractivity contribution is 0.307. The minimum absolute atomic E-state index is 0.563. The van der Waals surface area contributed by atoms with E-state index < -0.39 is 0 Å². The first-order valence-electron chi connectivity index (χ1n) is 8.29. The number of hydrogen-bond donors (Lipinski definition) is 0. The molecule has 0 saturated heterocycles. The lowest BCUT2D eigenvalue weighted by atomic mass is 10.1. The van der Waals surface area contributed by atoms with Crippen LogP contribution in [0.1, 0.15) is 18.4 Å². The maximum atomic E-state index is 6.08. The average molecular weight is 372 g/mol. The fourth-order valence-electron chi connectivity index (χ4n) is 2.59. The molecular weight excluding hydrogens is 353 g/mol. The van der Waals surface area contributed by atoms with Gasteiger partial charge in [0.25, 0.3) is 0 Å². The van der Waals surface area contributed by atoms with Crippen LogP contribution < -0.4 is 4.74 Å². The van der Waals surface area contributed by atoms with Crippen molar-refractivity contribution in [2.24, 2.45) is 0 Å². The van der Waals surface area contributed by atoms with E-state index in [-0.39, 0.29) is 0 Å². The van der Waals surface area contributed by atoms with Gasteiger partial charge >= 0.3 is 0 Å². The van der Waals surface area contributed by atoms with E-state index in [1.165, 1.54) is 5.56 Å². The number of aromatic nitrogens is 1. The Morgan fingerprint density at radius 2 is 1.64 bits per heavy atom. The second-order valence-electron chi connectivity index (χ2n) is 5.82. The standard InChI is InChI=1S/C21H19Cl2NO/c22-20-11-8-18(14-21(20)23)17-6-9-19(10-7-17)25-13-2-1-4-16-5-3-12-24-15-16/h3,5-12,14-15H,1-2,4,13H2. The number of aryl methyl sites for hydroxylation is 1. The fraction of sp³-hybridized carbons (Fsp3) is 0.190. The zero-order chi connectivity index (χ0) is 17.5. The maximum Gasteiger partial charge on any atom is 0.119 e. The number of unbranched alkanes of at least 4 members (excludes halogenated alkanes) is 1. The Labute approximate surface area is 158 Å². The third kappa shape index (κ3) is 5.22. The van der Waals surface area contributed by atoms with Crippen molar-refractivity contribution in [2.45, 2.75) is 19.3 Å². The molecule has 1 heterocycles. The Morgan fingerprint density at radius 1 is 0.840 bits per heavy atom. The zero-order valence-electron chi connectivity index (χ0n) is 13.8. The molecule has 3 aromatic rings. The molecule has 0 radical (unpaired) electrons.